The number of nitrogens with zero attached hydrogens (tertiary/aromatic N) is 3. The minimum atomic E-state index is -0.102. The van der Waals surface area contributed by atoms with Crippen molar-refractivity contribution in [3.8, 4) is 5.88 Å². The highest BCUT2D eigenvalue weighted by Gasteiger charge is 2.26. The number of anilines is 3. The molecule has 8 heteroatoms. The number of carbonyl (C=O) groups excluding carboxylic acids is 1. The van der Waals surface area contributed by atoms with E-state index >= 15 is 0 Å². The monoisotopic (exact) mass is 411 g/mol. The lowest BCUT2D eigenvalue weighted by molar-refractivity contribution is -0.115. The van der Waals surface area contributed by atoms with E-state index in [1.165, 1.54) is 31.5 Å². The third-order valence-electron chi connectivity index (χ3n) is 5.48. The Balaban J connectivity index is 1.49. The Morgan fingerprint density at radius 2 is 1.80 bits per heavy atom. The second kappa shape index (κ2) is 9.32. The topological polar surface area (TPSA) is 92.9 Å². The Hall–Kier alpha value is -2.84. The summed E-state index contributed by atoms with van der Waals surface area (Å²) in [6.07, 6.45) is 2.59. The first kappa shape index (κ1) is 20.4. The van der Waals surface area contributed by atoms with Crippen LogP contribution >= 0.6 is 0 Å². The first-order valence-electron chi connectivity index (χ1n) is 10.4. The molecule has 0 radical (unpaired) electrons. The van der Waals surface area contributed by atoms with Crippen LogP contribution in [0, 0.1) is 0 Å². The number of carbonyl (C=O) groups is 1. The molecule has 1 saturated heterocycles. The highest BCUT2D eigenvalue weighted by Crippen LogP contribution is 2.37. The summed E-state index contributed by atoms with van der Waals surface area (Å²) in [6, 6.07) is 10.5. The van der Waals surface area contributed by atoms with Crippen molar-refractivity contribution >= 4 is 23.1 Å². The summed E-state index contributed by atoms with van der Waals surface area (Å²) in [7, 11) is 1.62. The van der Waals surface area contributed by atoms with Gasteiger partial charge in [-0.2, -0.15) is 4.98 Å². The molecule has 1 aromatic heterocycles. The molecule has 1 fully saturated rings. The molecule has 3 N–H and O–H groups in total. The van der Waals surface area contributed by atoms with Crippen LogP contribution in [0.5, 0.6) is 5.88 Å². The lowest BCUT2D eigenvalue weighted by atomic mass is 10.1. The smallest absolute Gasteiger partial charge is 0.244 e. The van der Waals surface area contributed by atoms with E-state index in [1.807, 2.05) is 11.0 Å². The predicted molar refractivity (Wildman–Crippen MR) is 117 cm³/mol. The maximum absolute atomic E-state index is 12.2. The number of benzene rings is 1. The summed E-state index contributed by atoms with van der Waals surface area (Å²) in [6.45, 7) is 5.07. The third kappa shape index (κ3) is 4.83. The van der Waals surface area contributed by atoms with Gasteiger partial charge in [-0.25, -0.2) is 0 Å². The molecule has 8 nitrogen and oxygen atoms in total. The number of likely N-dealkylation sites (tertiary alicyclic amines) is 1. The van der Waals surface area contributed by atoms with Crippen LogP contribution in [0.15, 0.2) is 30.3 Å². The summed E-state index contributed by atoms with van der Waals surface area (Å²) >= 11 is 0. The van der Waals surface area contributed by atoms with Gasteiger partial charge in [-0.1, -0.05) is 24.3 Å². The number of nitrogens with two attached hydrogens (primary N) is 1. The van der Waals surface area contributed by atoms with Crippen LogP contribution in [0.1, 0.15) is 24.0 Å². The summed E-state index contributed by atoms with van der Waals surface area (Å²) in [4.78, 5) is 21.0. The largest absolute Gasteiger partial charge is 0.475 e. The fraction of sp³-hybridized carbons (Fsp3) is 0.455. The Kier molecular flexibility index (Phi) is 6.35. The Morgan fingerprint density at radius 1 is 1.10 bits per heavy atom. The highest BCUT2D eigenvalue weighted by molar-refractivity contribution is 6.04. The molecule has 0 unspecified atom stereocenters. The molecule has 160 valence electrons. The minimum absolute atomic E-state index is 0.102. The number of hydrogen-bond acceptors (Lipinski definition) is 7. The van der Waals surface area contributed by atoms with Crippen molar-refractivity contribution in [2.45, 2.75) is 25.9 Å². The maximum atomic E-state index is 12.2. The van der Waals surface area contributed by atoms with Crippen molar-refractivity contribution in [2.24, 2.45) is 0 Å². The van der Waals surface area contributed by atoms with E-state index in [9.17, 15) is 4.79 Å². The normalized spacial score (nSPS) is 16.4. The number of methoxy groups -OCH3 is 1. The van der Waals surface area contributed by atoms with Gasteiger partial charge in [0.25, 0.3) is 0 Å². The van der Waals surface area contributed by atoms with E-state index in [0.29, 0.717) is 31.3 Å². The lowest BCUT2D eigenvalue weighted by Crippen LogP contribution is -2.38. The van der Waals surface area contributed by atoms with Gasteiger partial charge in [-0.05, 0) is 37.1 Å². The van der Waals surface area contributed by atoms with Gasteiger partial charge in [-0.15, -0.1) is 0 Å². The number of pyridine rings is 1. The van der Waals surface area contributed by atoms with Crippen LogP contribution in [0.2, 0.25) is 0 Å². The van der Waals surface area contributed by atoms with Crippen LogP contribution in [-0.4, -0.2) is 55.7 Å². The average molecular weight is 412 g/mol. The van der Waals surface area contributed by atoms with Gasteiger partial charge in [0, 0.05) is 26.3 Å². The van der Waals surface area contributed by atoms with Crippen molar-refractivity contribution in [3.05, 3.63) is 41.5 Å². The second-order valence-corrected chi connectivity index (χ2v) is 7.79. The maximum Gasteiger partial charge on any atom is 0.244 e. The number of aromatic nitrogens is 1. The fourth-order valence-electron chi connectivity index (χ4n) is 3.96. The fourth-order valence-corrected chi connectivity index (χ4v) is 3.96. The molecule has 2 aliphatic heterocycles. The van der Waals surface area contributed by atoms with Gasteiger partial charge >= 0.3 is 0 Å². The summed E-state index contributed by atoms with van der Waals surface area (Å²) < 4.78 is 10.7. The molecule has 1 amide bonds. The van der Waals surface area contributed by atoms with E-state index in [1.54, 1.807) is 7.11 Å². The Bertz CT molecular complexity index is 881. The molecule has 3 heterocycles. The number of amides is 1. The van der Waals surface area contributed by atoms with Crippen molar-refractivity contribution < 1.29 is 14.3 Å². The summed E-state index contributed by atoms with van der Waals surface area (Å²) in [5, 5.41) is 2.83. The molecule has 0 aliphatic carbocycles. The number of nitrogen functional groups attached to an aromatic ring is 1. The predicted octanol–water partition coefficient (Wildman–Crippen LogP) is 2.24. The molecular weight excluding hydrogens is 382 g/mol. The number of fused-ring (bicyclic) bond motifs is 1. The Morgan fingerprint density at radius 3 is 2.50 bits per heavy atom. The SMILES string of the molecule is COCCOc1cc2c(c(N)n1)NC(=O)CN2Cc1ccc(CN2CCCC2)cc1. The zero-order chi connectivity index (χ0) is 20.9. The van der Waals surface area contributed by atoms with Gasteiger partial charge in [0.15, 0.2) is 5.82 Å². The van der Waals surface area contributed by atoms with Gasteiger partial charge in [0.2, 0.25) is 11.8 Å². The zero-order valence-electron chi connectivity index (χ0n) is 17.4. The van der Waals surface area contributed by atoms with Crippen molar-refractivity contribution in [3.63, 3.8) is 0 Å². The summed E-state index contributed by atoms with van der Waals surface area (Å²) in [5.41, 5.74) is 9.90. The molecule has 30 heavy (non-hydrogen) atoms. The average Bonchev–Trinajstić information content (AvgIpc) is 3.24. The number of nitrogens with one attached hydrogen (secondary N) is 1. The van der Waals surface area contributed by atoms with Crippen molar-refractivity contribution in [1.29, 1.82) is 0 Å². The molecule has 0 spiro atoms. The minimum Gasteiger partial charge on any atom is -0.475 e. The van der Waals surface area contributed by atoms with Gasteiger partial charge < -0.3 is 25.4 Å². The van der Waals surface area contributed by atoms with Crippen LogP contribution < -0.4 is 20.7 Å². The van der Waals surface area contributed by atoms with E-state index in [2.05, 4.69) is 39.5 Å². The molecule has 4 rings (SSSR count). The van der Waals surface area contributed by atoms with Crippen molar-refractivity contribution in [2.75, 3.05) is 55.9 Å². The number of ether oxygens (including phenoxy) is 2. The molecular formula is C22H29N5O3. The number of hydrogen-bond donors (Lipinski definition) is 2. The zero-order valence-corrected chi connectivity index (χ0v) is 17.4. The lowest BCUT2D eigenvalue weighted by Gasteiger charge is -2.31. The second-order valence-electron chi connectivity index (χ2n) is 7.79. The molecule has 0 saturated carbocycles. The first-order valence-corrected chi connectivity index (χ1v) is 10.4. The molecule has 0 bridgehead atoms. The molecule has 2 aliphatic rings. The number of rotatable bonds is 8. The van der Waals surface area contributed by atoms with Gasteiger partial charge in [0.1, 0.15) is 12.3 Å². The molecule has 2 aromatic rings. The highest BCUT2D eigenvalue weighted by atomic mass is 16.5. The summed E-state index contributed by atoms with van der Waals surface area (Å²) in [5.74, 6) is 0.569. The Labute approximate surface area is 177 Å². The van der Waals surface area contributed by atoms with Crippen LogP contribution in [0.3, 0.4) is 0 Å². The van der Waals surface area contributed by atoms with Crippen LogP contribution in [0.4, 0.5) is 17.2 Å². The van der Waals surface area contributed by atoms with Gasteiger partial charge in [0.05, 0.1) is 18.8 Å². The van der Waals surface area contributed by atoms with Crippen molar-refractivity contribution in [1.82, 2.24) is 9.88 Å². The van der Waals surface area contributed by atoms with E-state index < -0.39 is 0 Å². The quantitative estimate of drug-likeness (QED) is 0.644. The van der Waals surface area contributed by atoms with E-state index in [4.69, 9.17) is 15.2 Å². The van der Waals surface area contributed by atoms with E-state index in [-0.39, 0.29) is 18.3 Å². The first-order chi connectivity index (χ1) is 14.6. The van der Waals surface area contributed by atoms with Crippen LogP contribution in [-0.2, 0) is 22.6 Å². The molecule has 1 aromatic carbocycles. The third-order valence-corrected chi connectivity index (χ3v) is 5.48. The van der Waals surface area contributed by atoms with Crippen LogP contribution in [0.25, 0.3) is 0 Å². The van der Waals surface area contributed by atoms with Gasteiger partial charge in [-0.3, -0.25) is 9.69 Å². The standard InChI is InChI=1S/C22H29N5O3/c1-29-10-11-30-20-12-18-21(22(23)25-20)24-19(28)15-27(18)14-17-6-4-16(5-7-17)13-26-8-2-3-9-26/h4-7,12H,2-3,8-11,13-15H2,1H3,(H2,23,25)(H,24,28). The van der Waals surface area contributed by atoms with E-state index in [0.717, 1.165) is 17.8 Å². The molecule has 0 atom stereocenters.